The maximum absolute atomic E-state index is 14.4. The summed E-state index contributed by atoms with van der Waals surface area (Å²) in [5.74, 6) is -1.17. The molecule has 3 rings (SSSR count). The maximum atomic E-state index is 14.4. The van der Waals surface area contributed by atoms with Gasteiger partial charge in [0.1, 0.15) is 11.6 Å². The summed E-state index contributed by atoms with van der Waals surface area (Å²) in [5.41, 5.74) is -1.14. The van der Waals surface area contributed by atoms with Gasteiger partial charge < -0.3 is 14.5 Å². The van der Waals surface area contributed by atoms with Gasteiger partial charge in [0.05, 0.1) is 28.3 Å². The van der Waals surface area contributed by atoms with Crippen molar-refractivity contribution in [2.75, 3.05) is 43.9 Å². The Morgan fingerprint density at radius 2 is 1.63 bits per heavy atom. The van der Waals surface area contributed by atoms with E-state index >= 15 is 0 Å². The van der Waals surface area contributed by atoms with Crippen molar-refractivity contribution in [1.82, 2.24) is 4.90 Å². The first-order valence-electron chi connectivity index (χ1n) is 10.9. The summed E-state index contributed by atoms with van der Waals surface area (Å²) < 4.78 is 82.8. The topological polar surface area (TPSA) is 66.9 Å². The lowest BCUT2D eigenvalue weighted by Gasteiger charge is -2.36. The van der Waals surface area contributed by atoms with Gasteiger partial charge in [0.15, 0.2) is 9.84 Å². The Hall–Kier alpha value is -2.82. The van der Waals surface area contributed by atoms with Crippen LogP contribution < -0.4 is 9.64 Å². The van der Waals surface area contributed by atoms with Crippen LogP contribution in [0.15, 0.2) is 41.3 Å². The van der Waals surface area contributed by atoms with Crippen LogP contribution in [0.25, 0.3) is 0 Å². The van der Waals surface area contributed by atoms with Gasteiger partial charge >= 0.3 is 6.18 Å². The van der Waals surface area contributed by atoms with Gasteiger partial charge in [-0.3, -0.25) is 4.79 Å². The number of benzene rings is 2. The molecule has 1 aliphatic heterocycles. The number of hydrogen-bond acceptors (Lipinski definition) is 5. The Morgan fingerprint density at radius 1 is 1.00 bits per heavy atom. The second-order valence-corrected chi connectivity index (χ2v) is 11.7. The van der Waals surface area contributed by atoms with Gasteiger partial charge in [-0.2, -0.15) is 13.2 Å². The minimum Gasteiger partial charge on any atom is -0.492 e. The monoisotopic (exact) mass is 516 g/mol. The van der Waals surface area contributed by atoms with Crippen LogP contribution in [0, 0.1) is 11.2 Å². The van der Waals surface area contributed by atoms with Crippen LogP contribution in [0.5, 0.6) is 5.75 Å². The van der Waals surface area contributed by atoms with Gasteiger partial charge in [-0.1, -0.05) is 20.8 Å². The molecule has 0 atom stereocenters. The first kappa shape index (κ1) is 26.8. The number of sulfone groups is 1. The molecule has 35 heavy (non-hydrogen) atoms. The lowest BCUT2D eigenvalue weighted by Crippen LogP contribution is -2.49. The second-order valence-electron chi connectivity index (χ2n) is 9.72. The van der Waals surface area contributed by atoms with Gasteiger partial charge in [0, 0.05) is 32.4 Å². The predicted molar refractivity (Wildman–Crippen MR) is 124 cm³/mol. The summed E-state index contributed by atoms with van der Waals surface area (Å²) in [4.78, 5) is 16.4. The molecule has 1 fully saturated rings. The first-order chi connectivity index (χ1) is 16.1. The number of alkyl halides is 3. The van der Waals surface area contributed by atoms with Crippen molar-refractivity contribution in [1.29, 1.82) is 0 Å². The fourth-order valence-electron chi connectivity index (χ4n) is 3.59. The zero-order valence-corrected chi connectivity index (χ0v) is 20.8. The Bertz CT molecular complexity index is 1200. The van der Waals surface area contributed by atoms with Crippen LogP contribution >= 0.6 is 0 Å². The molecule has 0 aromatic heterocycles. The van der Waals surface area contributed by atoms with Crippen molar-refractivity contribution in [3.8, 4) is 5.75 Å². The van der Waals surface area contributed by atoms with E-state index in [1.165, 1.54) is 23.1 Å². The highest BCUT2D eigenvalue weighted by molar-refractivity contribution is 7.90. The van der Waals surface area contributed by atoms with Crippen molar-refractivity contribution < 1.29 is 35.5 Å². The lowest BCUT2D eigenvalue weighted by molar-refractivity contribution is -0.137. The number of carbonyl (C=O) groups excluding carboxylic acids is 1. The lowest BCUT2D eigenvalue weighted by atomic mass is 9.98. The first-order valence-corrected chi connectivity index (χ1v) is 12.8. The average molecular weight is 517 g/mol. The van der Waals surface area contributed by atoms with E-state index in [0.717, 1.165) is 18.4 Å². The van der Waals surface area contributed by atoms with Crippen molar-refractivity contribution in [2.45, 2.75) is 31.8 Å². The van der Waals surface area contributed by atoms with E-state index in [4.69, 9.17) is 4.74 Å². The van der Waals surface area contributed by atoms with Crippen LogP contribution in [-0.4, -0.2) is 58.3 Å². The number of hydrogen-bond donors (Lipinski definition) is 0. The molecule has 1 heterocycles. The molecule has 0 unspecified atom stereocenters. The van der Waals surface area contributed by atoms with Crippen molar-refractivity contribution in [3.05, 3.63) is 53.3 Å². The number of ether oxygens (including phenoxy) is 1. The molecule has 0 radical (unpaired) electrons. The minimum atomic E-state index is -4.64. The number of carbonyl (C=O) groups is 1. The SMILES string of the molecule is CC(C)(C)COc1ccc(S(C)(=O)=O)cc1C(=O)N1CCN(c2ccc(C(F)(F)F)cc2F)CC1. The van der Waals surface area contributed by atoms with Gasteiger partial charge in [0.25, 0.3) is 5.91 Å². The third-order valence-electron chi connectivity index (χ3n) is 5.45. The molecule has 1 aliphatic rings. The summed E-state index contributed by atoms with van der Waals surface area (Å²) in [6.07, 6.45) is -3.60. The van der Waals surface area contributed by atoms with E-state index in [2.05, 4.69) is 0 Å². The molecular weight excluding hydrogens is 488 g/mol. The normalized spacial score (nSPS) is 15.3. The molecule has 0 spiro atoms. The van der Waals surface area contributed by atoms with Crippen LogP contribution in [-0.2, 0) is 16.0 Å². The van der Waals surface area contributed by atoms with Crippen molar-refractivity contribution in [3.63, 3.8) is 0 Å². The zero-order valence-electron chi connectivity index (χ0n) is 19.9. The van der Waals surface area contributed by atoms with Gasteiger partial charge in [-0.15, -0.1) is 0 Å². The standard InChI is InChI=1S/C24H28F4N2O4S/c1-23(2,3)15-34-21-8-6-17(35(4,32)33)14-18(21)22(31)30-11-9-29(10-12-30)20-7-5-16(13-19(20)25)24(26,27)28/h5-8,13-14H,9-12,15H2,1-4H3. The van der Waals surface area contributed by atoms with Gasteiger partial charge in [-0.05, 0) is 41.8 Å². The average Bonchev–Trinajstić information content (AvgIpc) is 2.75. The molecule has 1 amide bonds. The highest BCUT2D eigenvalue weighted by Crippen LogP contribution is 2.33. The number of piperazine rings is 1. The summed E-state index contributed by atoms with van der Waals surface area (Å²) in [6, 6.07) is 6.51. The van der Waals surface area contributed by atoms with Crippen LogP contribution in [0.4, 0.5) is 23.2 Å². The van der Waals surface area contributed by atoms with Gasteiger partial charge in [0.2, 0.25) is 0 Å². The van der Waals surface area contributed by atoms with E-state index in [9.17, 15) is 30.8 Å². The third-order valence-corrected chi connectivity index (χ3v) is 6.56. The number of halogens is 4. The highest BCUT2D eigenvalue weighted by atomic mass is 32.2. The Kier molecular flexibility index (Phi) is 7.40. The molecule has 2 aromatic rings. The molecular formula is C24H28F4N2O4S. The molecule has 192 valence electrons. The van der Waals surface area contributed by atoms with Crippen LogP contribution in [0.1, 0.15) is 36.7 Å². The molecule has 6 nitrogen and oxygen atoms in total. The quantitative estimate of drug-likeness (QED) is 0.542. The smallest absolute Gasteiger partial charge is 0.416 e. The van der Waals surface area contributed by atoms with E-state index in [-0.39, 0.29) is 53.5 Å². The molecule has 11 heteroatoms. The molecule has 1 saturated heterocycles. The number of rotatable bonds is 5. The van der Waals surface area contributed by atoms with E-state index in [1.807, 2.05) is 20.8 Å². The maximum Gasteiger partial charge on any atom is 0.416 e. The highest BCUT2D eigenvalue weighted by Gasteiger charge is 2.32. The van der Waals surface area contributed by atoms with E-state index in [1.54, 1.807) is 4.90 Å². The van der Waals surface area contributed by atoms with Crippen molar-refractivity contribution in [2.24, 2.45) is 5.41 Å². The van der Waals surface area contributed by atoms with Gasteiger partial charge in [-0.25, -0.2) is 12.8 Å². The molecule has 0 aliphatic carbocycles. The Morgan fingerprint density at radius 3 is 2.14 bits per heavy atom. The zero-order chi connectivity index (χ0) is 26.2. The van der Waals surface area contributed by atoms with E-state index < -0.39 is 33.3 Å². The summed E-state index contributed by atoms with van der Waals surface area (Å²) in [5, 5.41) is 0. The largest absolute Gasteiger partial charge is 0.492 e. The van der Waals surface area contributed by atoms with E-state index in [0.29, 0.717) is 12.7 Å². The van der Waals surface area contributed by atoms with Crippen LogP contribution in [0.2, 0.25) is 0 Å². The fraction of sp³-hybridized carbons (Fsp3) is 0.458. The molecule has 2 aromatic carbocycles. The minimum absolute atomic E-state index is 0.0191. The number of nitrogens with zero attached hydrogens (tertiary/aromatic N) is 2. The Balaban J connectivity index is 1.79. The second kappa shape index (κ2) is 9.67. The molecule has 0 N–H and O–H groups in total. The van der Waals surface area contributed by atoms with Crippen molar-refractivity contribution >= 4 is 21.4 Å². The Labute approximate surface area is 202 Å². The fourth-order valence-corrected chi connectivity index (χ4v) is 4.23. The van der Waals surface area contributed by atoms with Crippen LogP contribution in [0.3, 0.4) is 0 Å². The molecule has 0 saturated carbocycles. The molecule has 0 bridgehead atoms. The number of anilines is 1. The summed E-state index contributed by atoms with van der Waals surface area (Å²) in [7, 11) is -3.57. The summed E-state index contributed by atoms with van der Waals surface area (Å²) in [6.45, 7) is 6.89. The predicted octanol–water partition coefficient (Wildman–Crippen LogP) is 4.64. The summed E-state index contributed by atoms with van der Waals surface area (Å²) >= 11 is 0. The third kappa shape index (κ3) is 6.65. The number of amides is 1.